The summed E-state index contributed by atoms with van der Waals surface area (Å²) in [6, 6.07) is 14.2. The Balaban J connectivity index is 1.45. The topological polar surface area (TPSA) is 36.7 Å². The van der Waals surface area contributed by atoms with Crippen LogP contribution in [0.25, 0.3) is 6.08 Å². The Kier molecular flexibility index (Phi) is 5.49. The maximum Gasteiger partial charge on any atom is 0.246 e. The minimum Gasteiger partial charge on any atom is -0.465 e. The fraction of sp³-hybridized carbons (Fsp3) is 0.350. The van der Waals surface area contributed by atoms with Crippen LogP contribution in [0.2, 0.25) is 0 Å². The number of nitrogens with zero attached hydrogens (tertiary/aromatic N) is 2. The molecule has 0 spiro atoms. The van der Waals surface area contributed by atoms with Crippen molar-refractivity contribution in [3.63, 3.8) is 0 Å². The van der Waals surface area contributed by atoms with Crippen LogP contribution in [-0.2, 0) is 11.3 Å². The van der Waals surface area contributed by atoms with Gasteiger partial charge in [0.05, 0.1) is 6.26 Å². The van der Waals surface area contributed by atoms with E-state index < -0.39 is 0 Å². The highest BCUT2D eigenvalue weighted by Crippen LogP contribution is 2.19. The average Bonchev–Trinajstić information content (AvgIpc) is 3.25. The minimum atomic E-state index is 0.0212. The molecule has 4 heteroatoms. The summed E-state index contributed by atoms with van der Waals surface area (Å²) in [7, 11) is 1.87. The number of furan rings is 1. The molecule has 0 unspecified atom stereocenters. The van der Waals surface area contributed by atoms with E-state index >= 15 is 0 Å². The summed E-state index contributed by atoms with van der Waals surface area (Å²) in [5.74, 6) is 1.26. The first-order valence-electron chi connectivity index (χ1n) is 8.43. The largest absolute Gasteiger partial charge is 0.465 e. The third-order valence-electron chi connectivity index (χ3n) is 4.46. The van der Waals surface area contributed by atoms with Crippen LogP contribution in [0.5, 0.6) is 0 Å². The van der Waals surface area contributed by atoms with Crippen LogP contribution in [0, 0.1) is 5.92 Å². The van der Waals surface area contributed by atoms with Crippen molar-refractivity contribution < 1.29 is 9.21 Å². The molecule has 2 heterocycles. The molecule has 1 aromatic heterocycles. The summed E-state index contributed by atoms with van der Waals surface area (Å²) in [6.45, 7) is 3.94. The van der Waals surface area contributed by atoms with Crippen molar-refractivity contribution in [3.8, 4) is 0 Å². The number of benzene rings is 1. The molecule has 1 atom stereocenters. The number of carbonyl (C=O) groups excluding carboxylic acids is 1. The van der Waals surface area contributed by atoms with Crippen LogP contribution in [0.4, 0.5) is 0 Å². The Morgan fingerprint density at radius 1 is 1.29 bits per heavy atom. The van der Waals surface area contributed by atoms with Crippen molar-refractivity contribution >= 4 is 12.0 Å². The van der Waals surface area contributed by atoms with Crippen molar-refractivity contribution in [3.05, 3.63) is 66.1 Å². The maximum atomic E-state index is 12.2. The van der Waals surface area contributed by atoms with Crippen molar-refractivity contribution in [1.29, 1.82) is 0 Å². The number of likely N-dealkylation sites (N-methyl/N-ethyl adjacent to an activating group) is 1. The second-order valence-corrected chi connectivity index (χ2v) is 6.44. The fourth-order valence-corrected chi connectivity index (χ4v) is 3.19. The molecule has 1 saturated heterocycles. The van der Waals surface area contributed by atoms with Gasteiger partial charge in [0.1, 0.15) is 5.76 Å². The van der Waals surface area contributed by atoms with Gasteiger partial charge in [0.25, 0.3) is 0 Å². The Hall–Kier alpha value is -2.33. The normalized spacial score (nSPS) is 18.3. The molecule has 0 bridgehead atoms. The van der Waals surface area contributed by atoms with E-state index in [9.17, 15) is 4.79 Å². The molecule has 1 aliphatic rings. The van der Waals surface area contributed by atoms with Crippen LogP contribution in [0.1, 0.15) is 17.7 Å². The minimum absolute atomic E-state index is 0.0212. The lowest BCUT2D eigenvalue weighted by atomic mass is 10.1. The van der Waals surface area contributed by atoms with Gasteiger partial charge < -0.3 is 9.32 Å². The smallest absolute Gasteiger partial charge is 0.246 e. The lowest BCUT2D eigenvalue weighted by molar-refractivity contribution is -0.125. The van der Waals surface area contributed by atoms with Gasteiger partial charge in [0, 0.05) is 32.8 Å². The first-order valence-corrected chi connectivity index (χ1v) is 8.43. The summed E-state index contributed by atoms with van der Waals surface area (Å²) in [6.07, 6.45) is 6.05. The SMILES string of the molecule is CN(C[C@@H]1CCN(Cc2ccccc2)C1)C(=O)/C=C\c1ccco1. The third kappa shape index (κ3) is 4.59. The number of rotatable bonds is 6. The number of amides is 1. The van der Waals surface area contributed by atoms with Crippen molar-refractivity contribution in [1.82, 2.24) is 9.80 Å². The molecular weight excluding hydrogens is 300 g/mol. The highest BCUT2D eigenvalue weighted by molar-refractivity contribution is 5.91. The number of carbonyl (C=O) groups is 1. The molecule has 0 radical (unpaired) electrons. The van der Waals surface area contributed by atoms with E-state index in [0.29, 0.717) is 11.7 Å². The van der Waals surface area contributed by atoms with E-state index in [-0.39, 0.29) is 5.91 Å². The lowest BCUT2D eigenvalue weighted by Gasteiger charge is -2.21. The molecule has 3 rings (SSSR count). The molecule has 126 valence electrons. The maximum absolute atomic E-state index is 12.2. The van der Waals surface area contributed by atoms with Gasteiger partial charge in [-0.1, -0.05) is 30.3 Å². The summed E-state index contributed by atoms with van der Waals surface area (Å²) in [5, 5.41) is 0. The highest BCUT2D eigenvalue weighted by atomic mass is 16.3. The summed E-state index contributed by atoms with van der Waals surface area (Å²) < 4.78 is 5.20. The molecule has 1 aliphatic heterocycles. The molecule has 0 saturated carbocycles. The van der Waals surface area contributed by atoms with Gasteiger partial charge in [-0.25, -0.2) is 0 Å². The molecule has 1 amide bonds. The second kappa shape index (κ2) is 7.97. The Morgan fingerprint density at radius 3 is 2.88 bits per heavy atom. The summed E-state index contributed by atoms with van der Waals surface area (Å²) in [5.41, 5.74) is 1.35. The molecule has 1 fully saturated rings. The number of hydrogen-bond donors (Lipinski definition) is 0. The first kappa shape index (κ1) is 16.5. The van der Waals surface area contributed by atoms with E-state index in [0.717, 1.165) is 32.6 Å². The first-order chi connectivity index (χ1) is 11.7. The average molecular weight is 324 g/mol. The van der Waals surface area contributed by atoms with Crippen molar-refractivity contribution in [2.24, 2.45) is 5.92 Å². The molecule has 2 aromatic rings. The van der Waals surface area contributed by atoms with Crippen molar-refractivity contribution in [2.45, 2.75) is 13.0 Å². The van der Waals surface area contributed by atoms with E-state index in [2.05, 4.69) is 29.2 Å². The quantitative estimate of drug-likeness (QED) is 0.765. The Bertz CT molecular complexity index is 664. The zero-order valence-electron chi connectivity index (χ0n) is 14.1. The summed E-state index contributed by atoms with van der Waals surface area (Å²) >= 11 is 0. The molecule has 1 aromatic carbocycles. The van der Waals surface area contributed by atoms with Gasteiger partial charge in [0.15, 0.2) is 0 Å². The third-order valence-corrected chi connectivity index (χ3v) is 4.46. The van der Waals surface area contributed by atoms with Crippen LogP contribution in [0.15, 0.2) is 59.2 Å². The van der Waals surface area contributed by atoms with Crippen LogP contribution < -0.4 is 0 Å². The van der Waals surface area contributed by atoms with Gasteiger partial charge in [-0.2, -0.15) is 0 Å². The zero-order valence-corrected chi connectivity index (χ0v) is 14.1. The molecule has 24 heavy (non-hydrogen) atoms. The molecular formula is C20H24N2O2. The van der Waals surface area contributed by atoms with Crippen molar-refractivity contribution in [2.75, 3.05) is 26.7 Å². The lowest BCUT2D eigenvalue weighted by Crippen LogP contribution is -2.32. The standard InChI is InChI=1S/C20H24N2O2/c1-21(20(23)10-9-19-8-5-13-24-19)14-18-11-12-22(16-18)15-17-6-3-2-4-7-17/h2-10,13,18H,11-12,14-16H2,1H3/b10-9-/t18-/m0/s1. The van der Waals surface area contributed by atoms with E-state index in [1.54, 1.807) is 23.3 Å². The van der Waals surface area contributed by atoms with Gasteiger partial charge in [-0.15, -0.1) is 0 Å². The fourth-order valence-electron chi connectivity index (χ4n) is 3.19. The predicted molar refractivity (Wildman–Crippen MR) is 95.2 cm³/mol. The van der Waals surface area contributed by atoms with Crippen LogP contribution in [0.3, 0.4) is 0 Å². The Morgan fingerprint density at radius 2 is 2.12 bits per heavy atom. The molecule has 4 nitrogen and oxygen atoms in total. The number of hydrogen-bond acceptors (Lipinski definition) is 3. The Labute approximate surface area is 143 Å². The van der Waals surface area contributed by atoms with Gasteiger partial charge >= 0.3 is 0 Å². The van der Waals surface area contributed by atoms with Gasteiger partial charge in [0.2, 0.25) is 5.91 Å². The van der Waals surface area contributed by atoms with E-state index in [1.165, 1.54) is 5.56 Å². The summed E-state index contributed by atoms with van der Waals surface area (Å²) in [4.78, 5) is 16.5. The number of likely N-dealkylation sites (tertiary alicyclic amines) is 1. The van der Waals surface area contributed by atoms with Crippen LogP contribution >= 0.6 is 0 Å². The monoisotopic (exact) mass is 324 g/mol. The van der Waals surface area contributed by atoms with Crippen LogP contribution in [-0.4, -0.2) is 42.4 Å². The predicted octanol–water partition coefficient (Wildman–Crippen LogP) is 3.27. The molecule has 0 aliphatic carbocycles. The highest BCUT2D eigenvalue weighted by Gasteiger charge is 2.24. The second-order valence-electron chi connectivity index (χ2n) is 6.44. The zero-order chi connectivity index (χ0) is 16.8. The van der Waals surface area contributed by atoms with Gasteiger partial charge in [-0.3, -0.25) is 9.69 Å². The van der Waals surface area contributed by atoms with E-state index in [4.69, 9.17) is 4.42 Å². The van der Waals surface area contributed by atoms with Gasteiger partial charge in [-0.05, 0) is 42.7 Å². The molecule has 0 N–H and O–H groups in total. The van der Waals surface area contributed by atoms with E-state index in [1.807, 2.05) is 25.2 Å².